The molecule has 1 atom stereocenters. The van der Waals surface area contributed by atoms with Crippen LogP contribution in [0.2, 0.25) is 0 Å². The summed E-state index contributed by atoms with van der Waals surface area (Å²) in [4.78, 5) is 19.4. The Morgan fingerprint density at radius 3 is 2.74 bits per heavy atom. The van der Waals surface area contributed by atoms with Crippen LogP contribution in [0.1, 0.15) is 50.2 Å². The summed E-state index contributed by atoms with van der Waals surface area (Å²) in [5, 5.41) is 15.6. The fraction of sp³-hybridized carbons (Fsp3) is 0.765. The summed E-state index contributed by atoms with van der Waals surface area (Å²) < 4.78 is 0. The highest BCUT2D eigenvalue weighted by molar-refractivity contribution is 7.09. The number of carbonyl (C=O) groups excluding carboxylic acids is 1. The van der Waals surface area contributed by atoms with E-state index in [2.05, 4.69) is 20.6 Å². The third kappa shape index (κ3) is 5.26. The molecule has 1 saturated heterocycles. The average molecular weight is 340 g/mol. The maximum atomic E-state index is 12.5. The quantitative estimate of drug-likeness (QED) is 0.800. The summed E-state index contributed by atoms with van der Waals surface area (Å²) in [7, 11) is 0. The number of likely N-dealkylation sites (tertiary alicyclic amines) is 1. The summed E-state index contributed by atoms with van der Waals surface area (Å²) in [6, 6.07) is 0. The normalized spacial score (nSPS) is 19.5. The van der Waals surface area contributed by atoms with Crippen molar-refractivity contribution in [3.05, 3.63) is 16.1 Å². The molecule has 6 heteroatoms. The van der Waals surface area contributed by atoms with Crippen molar-refractivity contribution in [3.8, 4) is 0 Å². The van der Waals surface area contributed by atoms with Crippen LogP contribution >= 0.6 is 11.3 Å². The Morgan fingerprint density at radius 2 is 2.22 bits per heavy atom. The monoisotopic (exact) mass is 339 g/mol. The number of aliphatic hydroxyl groups is 1. The van der Waals surface area contributed by atoms with Crippen LogP contribution in [-0.2, 0) is 11.3 Å². The number of aryl methyl sites for hydroxylation is 1. The van der Waals surface area contributed by atoms with Gasteiger partial charge < -0.3 is 10.4 Å². The highest BCUT2D eigenvalue weighted by Crippen LogP contribution is 2.22. The highest BCUT2D eigenvalue weighted by atomic mass is 32.1. The van der Waals surface area contributed by atoms with Crippen molar-refractivity contribution in [2.75, 3.05) is 19.7 Å². The molecule has 23 heavy (non-hydrogen) atoms. The van der Waals surface area contributed by atoms with Crippen molar-refractivity contribution in [1.29, 1.82) is 0 Å². The molecule has 1 amide bonds. The zero-order chi connectivity index (χ0) is 16.9. The first-order valence-corrected chi connectivity index (χ1v) is 9.40. The van der Waals surface area contributed by atoms with Crippen LogP contribution in [0.3, 0.4) is 0 Å². The molecule has 130 valence electrons. The summed E-state index contributed by atoms with van der Waals surface area (Å²) in [5.41, 5.74) is 0.845. The van der Waals surface area contributed by atoms with Gasteiger partial charge in [0, 0.05) is 30.0 Å². The van der Waals surface area contributed by atoms with Gasteiger partial charge in [0.15, 0.2) is 0 Å². The van der Waals surface area contributed by atoms with Gasteiger partial charge in [0.05, 0.1) is 10.7 Å². The van der Waals surface area contributed by atoms with Crippen LogP contribution in [0.15, 0.2) is 5.38 Å². The van der Waals surface area contributed by atoms with Gasteiger partial charge in [-0.2, -0.15) is 0 Å². The van der Waals surface area contributed by atoms with E-state index >= 15 is 0 Å². The standard InChI is InChI=1S/C17H29N3O2S/c1-4-17(3,7-10-21)19-16(22)14-5-8-20(9-6-14)11-15-12-23-13(2)18-15/h12,14,21H,4-11H2,1-3H3,(H,19,22). The topological polar surface area (TPSA) is 65.5 Å². The second-order valence-electron chi connectivity index (χ2n) is 6.79. The number of piperidine rings is 1. The lowest BCUT2D eigenvalue weighted by Gasteiger charge is -2.34. The van der Waals surface area contributed by atoms with Crippen LogP contribution in [0, 0.1) is 12.8 Å². The third-order valence-corrected chi connectivity index (χ3v) is 5.70. The van der Waals surface area contributed by atoms with Crippen LogP contribution in [0.5, 0.6) is 0 Å². The first kappa shape index (κ1) is 18.4. The summed E-state index contributed by atoms with van der Waals surface area (Å²) >= 11 is 1.69. The molecule has 1 aliphatic rings. The van der Waals surface area contributed by atoms with Crippen molar-refractivity contribution >= 4 is 17.2 Å². The SMILES string of the molecule is CCC(C)(CCO)NC(=O)C1CCN(Cc2csc(C)n2)CC1. The highest BCUT2D eigenvalue weighted by Gasteiger charge is 2.30. The van der Waals surface area contributed by atoms with Gasteiger partial charge in [-0.05, 0) is 52.6 Å². The fourth-order valence-electron chi connectivity index (χ4n) is 3.04. The number of hydrogen-bond acceptors (Lipinski definition) is 5. The lowest BCUT2D eigenvalue weighted by molar-refractivity contribution is -0.128. The van der Waals surface area contributed by atoms with E-state index in [4.69, 9.17) is 5.11 Å². The molecule has 0 radical (unpaired) electrons. The molecule has 1 aliphatic heterocycles. The first-order chi connectivity index (χ1) is 11.0. The summed E-state index contributed by atoms with van der Waals surface area (Å²) in [5.74, 6) is 0.236. The largest absolute Gasteiger partial charge is 0.396 e. The predicted octanol–water partition coefficient (Wildman–Crippen LogP) is 2.33. The molecule has 1 fully saturated rings. The third-order valence-electron chi connectivity index (χ3n) is 4.88. The van der Waals surface area contributed by atoms with E-state index in [0.29, 0.717) is 6.42 Å². The van der Waals surface area contributed by atoms with Crippen LogP contribution in [-0.4, -0.2) is 46.1 Å². The number of rotatable bonds is 7. The van der Waals surface area contributed by atoms with Crippen LogP contribution in [0.4, 0.5) is 0 Å². The summed E-state index contributed by atoms with van der Waals surface area (Å²) in [6.45, 7) is 8.97. The number of nitrogens with zero attached hydrogens (tertiary/aromatic N) is 2. The van der Waals surface area contributed by atoms with Gasteiger partial charge in [-0.15, -0.1) is 11.3 Å². The van der Waals surface area contributed by atoms with Crippen LogP contribution < -0.4 is 5.32 Å². The number of nitrogens with one attached hydrogen (secondary N) is 1. The van der Waals surface area contributed by atoms with Crippen molar-refractivity contribution in [2.45, 2.75) is 58.5 Å². The van der Waals surface area contributed by atoms with E-state index in [9.17, 15) is 4.79 Å². The Kier molecular flexibility index (Phi) is 6.56. The van der Waals surface area contributed by atoms with Gasteiger partial charge in [0.1, 0.15) is 0 Å². The van der Waals surface area contributed by atoms with E-state index in [1.807, 2.05) is 20.8 Å². The average Bonchev–Trinajstić information content (AvgIpc) is 2.93. The Hall–Kier alpha value is -0.980. The molecule has 0 saturated carbocycles. The van der Waals surface area contributed by atoms with Gasteiger partial charge in [-0.25, -0.2) is 4.98 Å². The molecule has 0 bridgehead atoms. The number of amides is 1. The molecule has 2 N–H and O–H groups in total. The minimum Gasteiger partial charge on any atom is -0.396 e. The van der Waals surface area contributed by atoms with E-state index in [1.54, 1.807) is 11.3 Å². The number of aromatic nitrogens is 1. The van der Waals surface area contributed by atoms with E-state index < -0.39 is 0 Å². The molecule has 0 aromatic carbocycles. The van der Waals surface area contributed by atoms with Gasteiger partial charge in [0.2, 0.25) is 5.91 Å². The van der Waals surface area contributed by atoms with Crippen molar-refractivity contribution in [2.24, 2.45) is 5.92 Å². The predicted molar refractivity (Wildman–Crippen MR) is 93.4 cm³/mol. The molecule has 0 spiro atoms. The van der Waals surface area contributed by atoms with Gasteiger partial charge in [-0.1, -0.05) is 6.92 Å². The van der Waals surface area contributed by atoms with Crippen molar-refractivity contribution in [3.63, 3.8) is 0 Å². The minimum atomic E-state index is -0.291. The Labute approximate surface area is 143 Å². The minimum absolute atomic E-state index is 0.0907. The maximum absolute atomic E-state index is 12.5. The molecule has 1 unspecified atom stereocenters. The van der Waals surface area contributed by atoms with Crippen LogP contribution in [0.25, 0.3) is 0 Å². The fourth-order valence-corrected chi connectivity index (χ4v) is 3.64. The number of aliphatic hydroxyl groups excluding tert-OH is 1. The smallest absolute Gasteiger partial charge is 0.223 e. The van der Waals surface area contributed by atoms with Crippen molar-refractivity contribution in [1.82, 2.24) is 15.2 Å². The second kappa shape index (κ2) is 8.22. The Morgan fingerprint density at radius 1 is 1.52 bits per heavy atom. The van der Waals surface area contributed by atoms with Gasteiger partial charge in [-0.3, -0.25) is 9.69 Å². The molecule has 1 aromatic rings. The number of thiazole rings is 1. The molecule has 2 rings (SSSR count). The van der Waals surface area contributed by atoms with E-state index in [1.165, 1.54) is 0 Å². The van der Waals surface area contributed by atoms with Gasteiger partial charge in [0.25, 0.3) is 0 Å². The molecule has 1 aromatic heterocycles. The molecule has 0 aliphatic carbocycles. The zero-order valence-electron chi connectivity index (χ0n) is 14.5. The van der Waals surface area contributed by atoms with Crippen molar-refractivity contribution < 1.29 is 9.90 Å². The first-order valence-electron chi connectivity index (χ1n) is 8.52. The maximum Gasteiger partial charge on any atom is 0.223 e. The molecule has 5 nitrogen and oxygen atoms in total. The Bertz CT molecular complexity index is 512. The molecular weight excluding hydrogens is 310 g/mol. The lowest BCUT2D eigenvalue weighted by Crippen LogP contribution is -2.50. The van der Waals surface area contributed by atoms with E-state index in [0.717, 1.165) is 49.6 Å². The lowest BCUT2D eigenvalue weighted by atomic mass is 9.91. The number of hydrogen-bond donors (Lipinski definition) is 2. The molecule has 2 heterocycles. The Balaban J connectivity index is 1.80. The number of carbonyl (C=O) groups is 1. The van der Waals surface area contributed by atoms with Gasteiger partial charge >= 0.3 is 0 Å². The second-order valence-corrected chi connectivity index (χ2v) is 7.85. The zero-order valence-corrected chi connectivity index (χ0v) is 15.3. The molecular formula is C17H29N3O2S. The summed E-state index contributed by atoms with van der Waals surface area (Å²) in [6.07, 6.45) is 3.24. The van der Waals surface area contributed by atoms with E-state index in [-0.39, 0.29) is 24.0 Å².